The summed E-state index contributed by atoms with van der Waals surface area (Å²) in [5.41, 5.74) is 1.47. The molecule has 0 atom stereocenters. The van der Waals surface area contributed by atoms with Gasteiger partial charge in [0.25, 0.3) is 0 Å². The van der Waals surface area contributed by atoms with Gasteiger partial charge in [0.05, 0.1) is 11.0 Å². The number of unbranched alkanes of at least 4 members (excludes halogenated alkanes) is 1. The maximum absolute atomic E-state index is 12.9. The molecule has 5 heteroatoms. The minimum absolute atomic E-state index is 0.259. The van der Waals surface area contributed by atoms with Crippen LogP contribution in [0.4, 0.5) is 10.3 Å². The third kappa shape index (κ3) is 2.64. The molecule has 2 rings (SSSR count). The van der Waals surface area contributed by atoms with Crippen LogP contribution in [0, 0.1) is 5.82 Å². The highest BCUT2D eigenvalue weighted by Crippen LogP contribution is 2.15. The highest BCUT2D eigenvalue weighted by atomic mass is 35.5. The number of nitrogens with one attached hydrogen (secondary N) is 2. The number of hydrogen-bond acceptors (Lipinski definition) is 2. The standard InChI is InChI=1S/C11H13ClFN3/c12-5-1-2-6-14-11-15-9-4-3-8(13)7-10(9)16-11/h3-4,7H,1-2,5-6H2,(H2,14,15,16). The Kier molecular flexibility index (Phi) is 3.62. The maximum Gasteiger partial charge on any atom is 0.201 e. The van der Waals surface area contributed by atoms with Gasteiger partial charge in [-0.3, -0.25) is 0 Å². The van der Waals surface area contributed by atoms with Gasteiger partial charge in [0.2, 0.25) is 5.95 Å². The normalized spacial score (nSPS) is 10.9. The van der Waals surface area contributed by atoms with Gasteiger partial charge in [-0.15, -0.1) is 11.6 Å². The Morgan fingerprint density at radius 2 is 2.25 bits per heavy atom. The Morgan fingerprint density at radius 3 is 3.06 bits per heavy atom. The van der Waals surface area contributed by atoms with Gasteiger partial charge < -0.3 is 10.3 Å². The molecule has 0 spiro atoms. The van der Waals surface area contributed by atoms with E-state index < -0.39 is 0 Å². The average molecular weight is 242 g/mol. The van der Waals surface area contributed by atoms with E-state index in [2.05, 4.69) is 15.3 Å². The first kappa shape index (κ1) is 11.2. The fourth-order valence-corrected chi connectivity index (χ4v) is 1.68. The summed E-state index contributed by atoms with van der Waals surface area (Å²) < 4.78 is 12.9. The molecule has 1 aromatic heterocycles. The molecule has 1 heterocycles. The van der Waals surface area contributed by atoms with Gasteiger partial charge >= 0.3 is 0 Å². The predicted molar refractivity (Wildman–Crippen MR) is 64.5 cm³/mol. The lowest BCUT2D eigenvalue weighted by atomic mass is 10.3. The van der Waals surface area contributed by atoms with E-state index >= 15 is 0 Å². The van der Waals surface area contributed by atoms with Crippen LogP contribution in [0.2, 0.25) is 0 Å². The molecule has 1 aromatic carbocycles. The SMILES string of the molecule is Fc1ccc2nc(NCCCCCl)[nH]c2c1. The number of imidazole rings is 1. The Balaban J connectivity index is 2.02. The monoisotopic (exact) mass is 241 g/mol. The van der Waals surface area contributed by atoms with Gasteiger partial charge in [-0.05, 0) is 31.0 Å². The van der Waals surface area contributed by atoms with E-state index in [1.807, 2.05) is 0 Å². The van der Waals surface area contributed by atoms with Crippen molar-refractivity contribution in [1.29, 1.82) is 0 Å². The fourth-order valence-electron chi connectivity index (χ4n) is 1.49. The molecule has 0 aliphatic heterocycles. The molecular weight excluding hydrogens is 229 g/mol. The van der Waals surface area contributed by atoms with Crippen LogP contribution in [0.15, 0.2) is 18.2 Å². The second-order valence-corrected chi connectivity index (χ2v) is 3.95. The van der Waals surface area contributed by atoms with E-state index in [9.17, 15) is 4.39 Å². The minimum Gasteiger partial charge on any atom is -0.356 e. The molecule has 0 aliphatic rings. The maximum atomic E-state index is 12.9. The zero-order valence-electron chi connectivity index (χ0n) is 8.76. The number of nitrogens with zero attached hydrogens (tertiary/aromatic N) is 1. The van der Waals surface area contributed by atoms with Crippen molar-refractivity contribution < 1.29 is 4.39 Å². The van der Waals surface area contributed by atoms with Crippen molar-refractivity contribution in [2.45, 2.75) is 12.8 Å². The van der Waals surface area contributed by atoms with Crippen LogP contribution in [-0.4, -0.2) is 22.4 Å². The number of rotatable bonds is 5. The molecule has 86 valence electrons. The number of benzene rings is 1. The third-order valence-electron chi connectivity index (χ3n) is 2.30. The second-order valence-electron chi connectivity index (χ2n) is 3.57. The number of fused-ring (bicyclic) bond motifs is 1. The average Bonchev–Trinajstić information content (AvgIpc) is 2.66. The zero-order chi connectivity index (χ0) is 11.4. The number of hydrogen-bond donors (Lipinski definition) is 2. The lowest BCUT2D eigenvalue weighted by Crippen LogP contribution is -2.02. The molecule has 0 saturated heterocycles. The van der Waals surface area contributed by atoms with E-state index in [0.29, 0.717) is 17.3 Å². The summed E-state index contributed by atoms with van der Waals surface area (Å²) in [6.45, 7) is 0.815. The first-order valence-electron chi connectivity index (χ1n) is 5.25. The molecule has 0 fully saturated rings. The van der Waals surface area contributed by atoms with E-state index in [1.165, 1.54) is 12.1 Å². The summed E-state index contributed by atoms with van der Waals surface area (Å²) in [4.78, 5) is 7.30. The summed E-state index contributed by atoms with van der Waals surface area (Å²) in [6.07, 6.45) is 1.97. The van der Waals surface area contributed by atoms with Crippen LogP contribution in [0.3, 0.4) is 0 Å². The Hall–Kier alpha value is -1.29. The molecule has 0 radical (unpaired) electrons. The second kappa shape index (κ2) is 5.16. The quantitative estimate of drug-likeness (QED) is 0.624. The number of aromatic amines is 1. The van der Waals surface area contributed by atoms with Crippen molar-refractivity contribution in [3.63, 3.8) is 0 Å². The molecular formula is C11H13ClFN3. The van der Waals surface area contributed by atoms with Gasteiger partial charge in [-0.1, -0.05) is 0 Å². The van der Waals surface area contributed by atoms with Crippen LogP contribution < -0.4 is 5.32 Å². The van der Waals surface area contributed by atoms with Crippen LogP contribution in [-0.2, 0) is 0 Å². The summed E-state index contributed by atoms with van der Waals surface area (Å²) >= 11 is 5.57. The summed E-state index contributed by atoms with van der Waals surface area (Å²) in [7, 11) is 0. The van der Waals surface area contributed by atoms with Gasteiger partial charge in [0.1, 0.15) is 5.82 Å². The largest absolute Gasteiger partial charge is 0.356 e. The summed E-state index contributed by atoms with van der Waals surface area (Å²) in [5.74, 6) is 1.09. The lowest BCUT2D eigenvalue weighted by molar-refractivity contribution is 0.629. The molecule has 0 aliphatic carbocycles. The van der Waals surface area contributed by atoms with E-state index in [-0.39, 0.29) is 5.82 Å². The molecule has 2 aromatic rings. The van der Waals surface area contributed by atoms with Crippen molar-refractivity contribution in [2.24, 2.45) is 0 Å². The lowest BCUT2D eigenvalue weighted by Gasteiger charge is -1.99. The van der Waals surface area contributed by atoms with Crippen molar-refractivity contribution in [1.82, 2.24) is 9.97 Å². The first-order chi connectivity index (χ1) is 7.79. The minimum atomic E-state index is -0.259. The summed E-state index contributed by atoms with van der Waals surface area (Å²) in [5, 5.41) is 3.14. The van der Waals surface area contributed by atoms with Crippen LogP contribution >= 0.6 is 11.6 Å². The van der Waals surface area contributed by atoms with Crippen molar-refractivity contribution in [2.75, 3.05) is 17.7 Å². The number of alkyl halides is 1. The van der Waals surface area contributed by atoms with Crippen molar-refractivity contribution in [3.05, 3.63) is 24.0 Å². The predicted octanol–water partition coefficient (Wildman–Crippen LogP) is 3.13. The Bertz CT molecular complexity index is 469. The summed E-state index contributed by atoms with van der Waals surface area (Å²) in [6, 6.07) is 4.50. The van der Waals surface area contributed by atoms with Gasteiger partial charge in [0, 0.05) is 12.4 Å². The molecule has 0 unspecified atom stereocenters. The van der Waals surface area contributed by atoms with Crippen LogP contribution in [0.5, 0.6) is 0 Å². The molecule has 3 nitrogen and oxygen atoms in total. The van der Waals surface area contributed by atoms with E-state index in [1.54, 1.807) is 6.07 Å². The number of aromatic nitrogens is 2. The van der Waals surface area contributed by atoms with Gasteiger partial charge in [0.15, 0.2) is 0 Å². The first-order valence-corrected chi connectivity index (χ1v) is 5.78. The third-order valence-corrected chi connectivity index (χ3v) is 2.56. The van der Waals surface area contributed by atoms with Crippen molar-refractivity contribution in [3.8, 4) is 0 Å². The number of halogens is 2. The van der Waals surface area contributed by atoms with E-state index in [0.717, 1.165) is 24.9 Å². The zero-order valence-corrected chi connectivity index (χ0v) is 9.52. The smallest absolute Gasteiger partial charge is 0.201 e. The number of anilines is 1. The topological polar surface area (TPSA) is 40.7 Å². The molecule has 0 amide bonds. The molecule has 2 N–H and O–H groups in total. The van der Waals surface area contributed by atoms with Gasteiger partial charge in [-0.2, -0.15) is 0 Å². The van der Waals surface area contributed by atoms with E-state index in [4.69, 9.17) is 11.6 Å². The highest BCUT2D eigenvalue weighted by molar-refractivity contribution is 6.17. The van der Waals surface area contributed by atoms with Crippen LogP contribution in [0.1, 0.15) is 12.8 Å². The van der Waals surface area contributed by atoms with Crippen molar-refractivity contribution >= 4 is 28.6 Å². The molecule has 0 saturated carbocycles. The molecule has 16 heavy (non-hydrogen) atoms. The van der Waals surface area contributed by atoms with Gasteiger partial charge in [-0.25, -0.2) is 9.37 Å². The highest BCUT2D eigenvalue weighted by Gasteiger charge is 2.02. The Morgan fingerprint density at radius 1 is 1.38 bits per heavy atom. The van der Waals surface area contributed by atoms with Crippen LogP contribution in [0.25, 0.3) is 11.0 Å². The fraction of sp³-hybridized carbons (Fsp3) is 0.364. The number of H-pyrrole nitrogens is 1. The molecule has 0 bridgehead atoms. The Labute approximate surface area is 98.0 Å².